The minimum absolute atomic E-state index is 0.106. The molecule has 0 aromatic rings. The first kappa shape index (κ1) is 100. The van der Waals surface area contributed by atoms with Crippen molar-refractivity contribution in [1.29, 1.82) is 0 Å². The van der Waals surface area contributed by atoms with Crippen LogP contribution in [-0.2, 0) is 65.4 Å². The van der Waals surface area contributed by atoms with Crippen LogP contribution in [0.25, 0.3) is 0 Å². The highest BCUT2D eigenvalue weighted by Crippen LogP contribution is 2.45. The van der Waals surface area contributed by atoms with Crippen LogP contribution in [0.3, 0.4) is 0 Å². The molecule has 102 heavy (non-hydrogen) atoms. The number of phosphoric ester groups is 2. The van der Waals surface area contributed by atoms with Gasteiger partial charge in [0.15, 0.2) is 12.2 Å². The third-order valence-corrected chi connectivity index (χ3v) is 21.7. The Balaban J connectivity index is 5.23. The summed E-state index contributed by atoms with van der Waals surface area (Å²) in [5, 5.41) is 10.7. The van der Waals surface area contributed by atoms with Crippen molar-refractivity contribution in [1.82, 2.24) is 0 Å². The molecule has 0 aromatic heterocycles. The van der Waals surface area contributed by atoms with E-state index in [0.29, 0.717) is 25.7 Å². The Labute approximate surface area is 626 Å². The highest BCUT2D eigenvalue weighted by atomic mass is 31.2. The summed E-state index contributed by atoms with van der Waals surface area (Å²) < 4.78 is 68.8. The maximum Gasteiger partial charge on any atom is 0.472 e. The van der Waals surface area contributed by atoms with Gasteiger partial charge in [0.05, 0.1) is 26.4 Å². The molecule has 0 aliphatic rings. The molecule has 0 spiro atoms. The molecule has 606 valence electrons. The predicted octanol–water partition coefficient (Wildman–Crippen LogP) is 25.1. The second-order valence-electron chi connectivity index (χ2n) is 30.6. The summed E-state index contributed by atoms with van der Waals surface area (Å²) in [6, 6.07) is 0. The molecule has 0 amide bonds. The molecule has 0 saturated heterocycles. The van der Waals surface area contributed by atoms with E-state index in [0.717, 1.165) is 102 Å². The average Bonchev–Trinajstić information content (AvgIpc) is 0.926. The fraction of sp³-hybridized carbons (Fsp3) is 0.952. The van der Waals surface area contributed by atoms with Crippen molar-refractivity contribution in [2.45, 2.75) is 458 Å². The van der Waals surface area contributed by atoms with E-state index in [1.165, 1.54) is 257 Å². The lowest BCUT2D eigenvalue weighted by Crippen LogP contribution is -2.30. The van der Waals surface area contributed by atoms with Crippen molar-refractivity contribution < 1.29 is 80.2 Å². The van der Waals surface area contributed by atoms with Crippen LogP contribution in [-0.4, -0.2) is 96.7 Å². The Bertz CT molecular complexity index is 1960. The Morgan fingerprint density at radius 1 is 0.284 bits per heavy atom. The van der Waals surface area contributed by atoms with Gasteiger partial charge in [0.1, 0.15) is 19.3 Å². The van der Waals surface area contributed by atoms with Gasteiger partial charge >= 0.3 is 39.5 Å². The fourth-order valence-corrected chi connectivity index (χ4v) is 14.4. The van der Waals surface area contributed by atoms with Gasteiger partial charge in [0.2, 0.25) is 0 Å². The Morgan fingerprint density at radius 2 is 0.500 bits per heavy atom. The van der Waals surface area contributed by atoms with Gasteiger partial charge < -0.3 is 33.8 Å². The Kier molecular flexibility index (Phi) is 73.1. The lowest BCUT2D eigenvalue weighted by Gasteiger charge is -2.21. The smallest absolute Gasteiger partial charge is 0.462 e. The third kappa shape index (κ3) is 74.9. The van der Waals surface area contributed by atoms with Crippen LogP contribution in [0, 0.1) is 11.8 Å². The number of rotatable bonds is 82. The largest absolute Gasteiger partial charge is 0.472 e. The number of hydrogen-bond donors (Lipinski definition) is 3. The monoisotopic (exact) mass is 1490 g/mol. The van der Waals surface area contributed by atoms with Crippen molar-refractivity contribution in [2.75, 3.05) is 39.6 Å². The van der Waals surface area contributed by atoms with Crippen LogP contribution in [0.5, 0.6) is 0 Å². The molecule has 0 rings (SSSR count). The van der Waals surface area contributed by atoms with Gasteiger partial charge in [0.25, 0.3) is 0 Å². The van der Waals surface area contributed by atoms with Gasteiger partial charge in [0, 0.05) is 25.7 Å². The normalized spacial score (nSPS) is 14.1. The highest BCUT2D eigenvalue weighted by molar-refractivity contribution is 7.47. The van der Waals surface area contributed by atoms with Crippen LogP contribution in [0.4, 0.5) is 0 Å². The molecule has 3 N–H and O–H groups in total. The Morgan fingerprint density at radius 3 is 0.745 bits per heavy atom. The molecule has 0 aromatic carbocycles. The summed E-state index contributed by atoms with van der Waals surface area (Å²) in [6.07, 6.45) is 65.2. The SMILES string of the molecule is CCCCCCCCCCCCCCCCCCCCCCC(=O)O[C@H](COC(=O)CCCCCCCCCCCCCCCCCCC(C)C)COP(=O)(O)OC[C@@H](O)COP(=O)(O)OC[C@@H](COC(=O)CCCCCCCCCCCCC)OC(=O)CCCCCCCCCCC(C)CC. The first-order valence-electron chi connectivity index (χ1n) is 43.0. The maximum atomic E-state index is 13.1. The van der Waals surface area contributed by atoms with Gasteiger partial charge in [-0.05, 0) is 37.5 Å². The van der Waals surface area contributed by atoms with E-state index in [1.807, 2.05) is 0 Å². The molecule has 19 heteroatoms. The molecule has 0 fully saturated rings. The zero-order chi connectivity index (χ0) is 74.9. The van der Waals surface area contributed by atoms with E-state index in [4.69, 9.17) is 37.0 Å². The van der Waals surface area contributed by atoms with Gasteiger partial charge in [-0.15, -0.1) is 0 Å². The van der Waals surface area contributed by atoms with E-state index >= 15 is 0 Å². The van der Waals surface area contributed by atoms with Crippen molar-refractivity contribution in [3.8, 4) is 0 Å². The summed E-state index contributed by atoms with van der Waals surface area (Å²) >= 11 is 0. The van der Waals surface area contributed by atoms with Crippen molar-refractivity contribution in [3.05, 3.63) is 0 Å². The molecular weight excluding hydrogens is 1330 g/mol. The van der Waals surface area contributed by atoms with Gasteiger partial charge in [-0.2, -0.15) is 0 Å². The number of aliphatic hydroxyl groups is 1. The summed E-state index contributed by atoms with van der Waals surface area (Å²) in [5.41, 5.74) is 0. The first-order chi connectivity index (χ1) is 49.4. The first-order valence-corrected chi connectivity index (χ1v) is 46.0. The van der Waals surface area contributed by atoms with Crippen LogP contribution < -0.4 is 0 Å². The zero-order valence-electron chi connectivity index (χ0n) is 66.9. The van der Waals surface area contributed by atoms with Crippen LogP contribution in [0.15, 0.2) is 0 Å². The van der Waals surface area contributed by atoms with E-state index in [2.05, 4.69) is 41.5 Å². The molecule has 0 aliphatic carbocycles. The molecule has 0 saturated carbocycles. The summed E-state index contributed by atoms with van der Waals surface area (Å²) in [7, 11) is -9.92. The lowest BCUT2D eigenvalue weighted by atomic mass is 9.99. The Hall–Kier alpha value is -1.94. The molecular formula is C83H162O17P2. The van der Waals surface area contributed by atoms with Crippen molar-refractivity contribution >= 4 is 39.5 Å². The van der Waals surface area contributed by atoms with Crippen molar-refractivity contribution in [3.63, 3.8) is 0 Å². The number of phosphoric acid groups is 2. The number of unbranched alkanes of at least 4 members (excludes halogenated alkanes) is 51. The number of ether oxygens (including phenoxy) is 4. The lowest BCUT2D eigenvalue weighted by molar-refractivity contribution is -0.161. The molecule has 17 nitrogen and oxygen atoms in total. The van der Waals surface area contributed by atoms with Gasteiger partial charge in [-0.1, -0.05) is 388 Å². The van der Waals surface area contributed by atoms with Crippen LogP contribution in [0.2, 0.25) is 0 Å². The maximum absolute atomic E-state index is 13.1. The number of carbonyl (C=O) groups excluding carboxylic acids is 4. The topological polar surface area (TPSA) is 237 Å². The van der Waals surface area contributed by atoms with Crippen LogP contribution >= 0.6 is 15.6 Å². The number of esters is 4. The van der Waals surface area contributed by atoms with Crippen molar-refractivity contribution in [2.24, 2.45) is 11.8 Å². The predicted molar refractivity (Wildman–Crippen MR) is 418 cm³/mol. The summed E-state index contributed by atoms with van der Waals surface area (Å²) in [5.74, 6) is -0.525. The fourth-order valence-electron chi connectivity index (χ4n) is 12.9. The molecule has 0 aliphatic heterocycles. The molecule has 0 radical (unpaired) electrons. The quantitative estimate of drug-likeness (QED) is 0.0222. The van der Waals surface area contributed by atoms with E-state index in [-0.39, 0.29) is 25.7 Å². The van der Waals surface area contributed by atoms with E-state index in [9.17, 15) is 43.2 Å². The number of carbonyl (C=O) groups is 4. The average molecular weight is 1490 g/mol. The highest BCUT2D eigenvalue weighted by Gasteiger charge is 2.30. The summed E-state index contributed by atoms with van der Waals surface area (Å²) in [4.78, 5) is 73.1. The van der Waals surface area contributed by atoms with Crippen LogP contribution in [0.1, 0.15) is 440 Å². The van der Waals surface area contributed by atoms with Gasteiger partial charge in [-0.25, -0.2) is 9.13 Å². The number of hydrogen-bond acceptors (Lipinski definition) is 15. The zero-order valence-corrected chi connectivity index (χ0v) is 68.7. The molecule has 6 atom stereocenters. The molecule has 0 bridgehead atoms. The molecule has 3 unspecified atom stereocenters. The number of aliphatic hydroxyl groups excluding tert-OH is 1. The third-order valence-electron chi connectivity index (χ3n) is 19.8. The molecule has 0 heterocycles. The second-order valence-corrected chi connectivity index (χ2v) is 33.5. The standard InChI is InChI=1S/C83H162O17P2/c1-7-10-12-14-16-18-20-21-22-23-24-25-26-31-34-38-42-49-55-61-67-82(87)99-78(71-94-81(86)66-60-54-48-41-37-33-30-28-27-29-32-36-39-45-51-57-63-75(4)5)73-97-101(89,90)95-69-77(84)70-96-102(91,92)98-74-79(72-93-80(85)65-59-53-47-40-35-19-17-15-13-11-8-2)100-83(88)68-62-56-50-44-43-46-52-58-64-76(6)9-3/h75-79,84H,7-74H2,1-6H3,(H,89,90)(H,91,92)/t76?,77-,78-,79-/m1/s1. The minimum Gasteiger partial charge on any atom is -0.462 e. The minimum atomic E-state index is -4.96. The summed E-state index contributed by atoms with van der Waals surface area (Å²) in [6.45, 7) is 9.67. The van der Waals surface area contributed by atoms with E-state index in [1.54, 1.807) is 0 Å². The van der Waals surface area contributed by atoms with Gasteiger partial charge in [-0.3, -0.25) is 37.3 Å². The second kappa shape index (κ2) is 74.5. The van der Waals surface area contributed by atoms with E-state index < -0.39 is 97.5 Å².